The molecule has 2 aromatic rings. The zero-order chi connectivity index (χ0) is 16.3. The van der Waals surface area contributed by atoms with Crippen molar-refractivity contribution in [3.05, 3.63) is 63.6 Å². The molecule has 0 aliphatic heterocycles. The number of benzene rings is 2. The van der Waals surface area contributed by atoms with Crippen LogP contribution in [-0.2, 0) is 10.0 Å². The Morgan fingerprint density at radius 1 is 1.09 bits per heavy atom. The Bertz CT molecular complexity index is 813. The van der Waals surface area contributed by atoms with Gasteiger partial charge in [0.2, 0.25) is 0 Å². The van der Waals surface area contributed by atoms with Crippen molar-refractivity contribution in [3.63, 3.8) is 0 Å². The summed E-state index contributed by atoms with van der Waals surface area (Å²) >= 11 is 3.36. The van der Waals surface area contributed by atoms with Crippen molar-refractivity contribution >= 4 is 31.7 Å². The van der Waals surface area contributed by atoms with Crippen LogP contribution in [0.4, 0.5) is 0 Å². The van der Waals surface area contributed by atoms with E-state index in [1.165, 1.54) is 0 Å². The lowest BCUT2D eigenvalue weighted by Crippen LogP contribution is -2.21. The minimum atomic E-state index is -3.67. The summed E-state index contributed by atoms with van der Waals surface area (Å²) in [6.07, 6.45) is 0. The van der Waals surface area contributed by atoms with Crippen LogP contribution < -0.4 is 4.83 Å². The third-order valence-electron chi connectivity index (χ3n) is 3.23. The Hall–Kier alpha value is -1.66. The number of hydrogen-bond acceptors (Lipinski definition) is 3. The van der Waals surface area contributed by atoms with E-state index >= 15 is 0 Å². The van der Waals surface area contributed by atoms with E-state index in [1.54, 1.807) is 26.0 Å². The van der Waals surface area contributed by atoms with Crippen molar-refractivity contribution < 1.29 is 8.42 Å². The highest BCUT2D eigenvalue weighted by Crippen LogP contribution is 2.17. The summed E-state index contributed by atoms with van der Waals surface area (Å²) in [5, 5.41) is 4.01. The Kier molecular flexibility index (Phi) is 5.03. The highest BCUT2D eigenvalue weighted by atomic mass is 79.9. The predicted octanol–water partition coefficient (Wildman–Crippen LogP) is 3.77. The lowest BCUT2D eigenvalue weighted by molar-refractivity contribution is 0.583. The molecule has 0 spiro atoms. The fourth-order valence-electron chi connectivity index (χ4n) is 1.93. The van der Waals surface area contributed by atoms with Crippen LogP contribution in [0.1, 0.15) is 23.6 Å². The summed E-state index contributed by atoms with van der Waals surface area (Å²) in [6, 6.07) is 12.8. The highest BCUT2D eigenvalue weighted by Gasteiger charge is 2.16. The molecule has 116 valence electrons. The second-order valence-corrected chi connectivity index (χ2v) is 7.61. The summed E-state index contributed by atoms with van der Waals surface area (Å²) in [6.45, 7) is 5.38. The largest absolute Gasteiger partial charge is 0.276 e. The number of nitrogens with one attached hydrogen (secondary N) is 1. The van der Waals surface area contributed by atoms with Gasteiger partial charge in [0.15, 0.2) is 0 Å². The van der Waals surface area contributed by atoms with Crippen molar-refractivity contribution in [1.29, 1.82) is 0 Å². The van der Waals surface area contributed by atoms with E-state index in [1.807, 2.05) is 37.3 Å². The number of hydrogen-bond donors (Lipinski definition) is 1. The number of aryl methyl sites for hydroxylation is 2. The number of sulfonamides is 1. The molecular weight excluding hydrogens is 364 g/mol. The lowest BCUT2D eigenvalue weighted by atomic mass is 10.1. The molecular formula is C16H17BrN2O2S. The Morgan fingerprint density at radius 2 is 1.73 bits per heavy atom. The molecule has 0 saturated carbocycles. The van der Waals surface area contributed by atoms with Crippen LogP contribution in [0.15, 0.2) is 56.9 Å². The van der Waals surface area contributed by atoms with Crippen LogP contribution in [-0.4, -0.2) is 14.1 Å². The van der Waals surface area contributed by atoms with Crippen LogP contribution in [0.5, 0.6) is 0 Å². The lowest BCUT2D eigenvalue weighted by Gasteiger charge is -2.09. The Morgan fingerprint density at radius 3 is 2.36 bits per heavy atom. The first kappa shape index (κ1) is 16.7. The molecule has 2 aromatic carbocycles. The molecule has 0 bridgehead atoms. The van der Waals surface area contributed by atoms with Gasteiger partial charge in [0.1, 0.15) is 0 Å². The van der Waals surface area contributed by atoms with E-state index < -0.39 is 10.0 Å². The van der Waals surface area contributed by atoms with Gasteiger partial charge >= 0.3 is 0 Å². The van der Waals surface area contributed by atoms with Gasteiger partial charge < -0.3 is 0 Å². The molecule has 0 saturated heterocycles. The van der Waals surface area contributed by atoms with Gasteiger partial charge in [0.05, 0.1) is 10.6 Å². The summed E-state index contributed by atoms with van der Waals surface area (Å²) in [7, 11) is -3.67. The molecule has 0 radical (unpaired) electrons. The third kappa shape index (κ3) is 3.96. The number of rotatable bonds is 4. The average molecular weight is 381 g/mol. The molecule has 0 aliphatic carbocycles. The second-order valence-electron chi connectivity index (χ2n) is 5.07. The van der Waals surface area contributed by atoms with Gasteiger partial charge in [-0.15, -0.1) is 0 Å². The summed E-state index contributed by atoms with van der Waals surface area (Å²) in [5.41, 5.74) is 3.03. The zero-order valence-electron chi connectivity index (χ0n) is 12.6. The maximum Gasteiger partial charge on any atom is 0.276 e. The normalized spacial score (nSPS) is 12.3. The third-order valence-corrected chi connectivity index (χ3v) is 5.11. The molecule has 0 fully saturated rings. The van der Waals surface area contributed by atoms with Gasteiger partial charge in [-0.2, -0.15) is 18.4 Å². The molecule has 0 heterocycles. The van der Waals surface area contributed by atoms with Crippen LogP contribution in [0.3, 0.4) is 0 Å². The first-order chi connectivity index (χ1) is 10.3. The van der Waals surface area contributed by atoms with E-state index in [-0.39, 0.29) is 4.90 Å². The van der Waals surface area contributed by atoms with Gasteiger partial charge in [-0.05, 0) is 55.7 Å². The quantitative estimate of drug-likeness (QED) is 0.648. The average Bonchev–Trinajstić information content (AvgIpc) is 2.48. The van der Waals surface area contributed by atoms with E-state index in [4.69, 9.17) is 0 Å². The molecule has 0 atom stereocenters. The van der Waals surface area contributed by atoms with Crippen molar-refractivity contribution in [2.75, 3.05) is 0 Å². The number of hydrazone groups is 1. The molecule has 22 heavy (non-hydrogen) atoms. The summed E-state index contributed by atoms with van der Waals surface area (Å²) in [4.78, 5) is 2.55. The van der Waals surface area contributed by atoms with Gasteiger partial charge in [-0.1, -0.05) is 40.2 Å². The molecule has 2 rings (SSSR count). The van der Waals surface area contributed by atoms with Gasteiger partial charge in [-0.3, -0.25) is 0 Å². The highest BCUT2D eigenvalue weighted by molar-refractivity contribution is 9.10. The minimum Gasteiger partial charge on any atom is -0.200 e. The van der Waals surface area contributed by atoms with Crippen molar-refractivity contribution in [2.45, 2.75) is 25.7 Å². The van der Waals surface area contributed by atoms with Crippen molar-refractivity contribution in [2.24, 2.45) is 5.10 Å². The molecule has 0 unspecified atom stereocenters. The number of halogens is 1. The molecule has 6 heteroatoms. The van der Waals surface area contributed by atoms with Gasteiger partial charge in [-0.25, -0.2) is 0 Å². The van der Waals surface area contributed by atoms with Crippen molar-refractivity contribution in [3.8, 4) is 0 Å². The number of nitrogens with zero attached hydrogens (tertiary/aromatic N) is 1. The molecule has 1 N–H and O–H groups in total. The summed E-state index contributed by atoms with van der Waals surface area (Å²) in [5.74, 6) is 0. The van der Waals surface area contributed by atoms with Crippen LogP contribution >= 0.6 is 15.9 Å². The van der Waals surface area contributed by atoms with Crippen LogP contribution in [0.25, 0.3) is 0 Å². The first-order valence-electron chi connectivity index (χ1n) is 6.69. The zero-order valence-corrected chi connectivity index (χ0v) is 15.0. The first-order valence-corrected chi connectivity index (χ1v) is 8.96. The Labute approximate surface area is 139 Å². The van der Waals surface area contributed by atoms with Gasteiger partial charge in [0, 0.05) is 4.47 Å². The fraction of sp³-hybridized carbons (Fsp3) is 0.188. The molecule has 0 amide bonds. The van der Waals surface area contributed by atoms with E-state index in [2.05, 4.69) is 25.9 Å². The maximum absolute atomic E-state index is 12.4. The van der Waals surface area contributed by atoms with Gasteiger partial charge in [0.25, 0.3) is 10.0 Å². The second kappa shape index (κ2) is 6.62. The van der Waals surface area contributed by atoms with Crippen molar-refractivity contribution in [1.82, 2.24) is 4.83 Å². The van der Waals surface area contributed by atoms with E-state index in [0.717, 1.165) is 15.6 Å². The predicted molar refractivity (Wildman–Crippen MR) is 92.6 cm³/mol. The smallest absolute Gasteiger partial charge is 0.200 e. The Balaban J connectivity index is 2.27. The SMILES string of the molecule is C/C(=N/NS(=O)(=O)c1cc(C)ccc1C)c1ccc(Br)cc1. The maximum atomic E-state index is 12.4. The fourth-order valence-corrected chi connectivity index (χ4v) is 3.38. The topological polar surface area (TPSA) is 58.5 Å². The van der Waals surface area contributed by atoms with Crippen LogP contribution in [0.2, 0.25) is 0 Å². The van der Waals surface area contributed by atoms with E-state index in [9.17, 15) is 8.42 Å². The molecule has 0 aliphatic rings. The summed E-state index contributed by atoms with van der Waals surface area (Å²) < 4.78 is 25.7. The molecule has 4 nitrogen and oxygen atoms in total. The monoisotopic (exact) mass is 380 g/mol. The van der Waals surface area contributed by atoms with Crippen LogP contribution in [0, 0.1) is 13.8 Å². The molecule has 0 aromatic heterocycles. The minimum absolute atomic E-state index is 0.250. The van der Waals surface area contributed by atoms with E-state index in [0.29, 0.717) is 11.3 Å². The standard InChI is InChI=1S/C16H17BrN2O2S/c1-11-4-5-12(2)16(10-11)22(20,21)19-18-13(3)14-6-8-15(17)9-7-14/h4-10,19H,1-3H3/b18-13-.